The van der Waals surface area contributed by atoms with Crippen molar-refractivity contribution in [2.45, 2.75) is 44.1 Å². The molecule has 22 heavy (non-hydrogen) atoms. The van der Waals surface area contributed by atoms with Gasteiger partial charge in [-0.1, -0.05) is 18.0 Å². The van der Waals surface area contributed by atoms with Gasteiger partial charge in [0.2, 0.25) is 0 Å². The zero-order valence-electron chi connectivity index (χ0n) is 12.7. The Morgan fingerprint density at radius 3 is 2.91 bits per heavy atom. The standard InChI is InChI=1S/C18H22ClNO2/c19-14-3-5-15(6-4-14)22-11-17(21)20-18-7-1-2-13-8-12(10-18)9-16(13)18/h3-6,12-13,16H,1-2,7-11H2,(H,20,21). The van der Waals surface area contributed by atoms with Crippen molar-refractivity contribution in [1.82, 2.24) is 5.32 Å². The quantitative estimate of drug-likeness (QED) is 0.916. The summed E-state index contributed by atoms with van der Waals surface area (Å²) in [4.78, 5) is 12.3. The monoisotopic (exact) mass is 319 g/mol. The third-order valence-corrected chi connectivity index (χ3v) is 6.18. The number of ether oxygens (including phenoxy) is 1. The van der Waals surface area contributed by atoms with Gasteiger partial charge in [0.05, 0.1) is 0 Å². The molecule has 4 atom stereocenters. The number of halogens is 1. The smallest absolute Gasteiger partial charge is 0.258 e. The van der Waals surface area contributed by atoms with Crippen LogP contribution in [0.2, 0.25) is 5.02 Å². The fraction of sp³-hybridized carbons (Fsp3) is 0.611. The molecule has 2 bridgehead atoms. The molecule has 1 aromatic rings. The maximum Gasteiger partial charge on any atom is 0.258 e. The number of amides is 1. The number of nitrogens with one attached hydrogen (secondary N) is 1. The second-order valence-electron chi connectivity index (χ2n) is 7.25. The van der Waals surface area contributed by atoms with Crippen LogP contribution in [0.5, 0.6) is 5.75 Å². The van der Waals surface area contributed by atoms with E-state index in [0.29, 0.717) is 16.7 Å². The van der Waals surface area contributed by atoms with Crippen molar-refractivity contribution in [1.29, 1.82) is 0 Å². The van der Waals surface area contributed by atoms with E-state index in [9.17, 15) is 4.79 Å². The summed E-state index contributed by atoms with van der Waals surface area (Å²) < 4.78 is 5.58. The number of hydrogen-bond donors (Lipinski definition) is 1. The van der Waals surface area contributed by atoms with Gasteiger partial charge < -0.3 is 10.1 Å². The first-order chi connectivity index (χ1) is 10.6. The third-order valence-electron chi connectivity index (χ3n) is 5.92. The van der Waals surface area contributed by atoms with Crippen LogP contribution in [0.4, 0.5) is 0 Å². The topological polar surface area (TPSA) is 38.3 Å². The van der Waals surface area contributed by atoms with Crippen LogP contribution in [0.25, 0.3) is 0 Å². The zero-order chi connectivity index (χ0) is 15.2. The summed E-state index contributed by atoms with van der Waals surface area (Å²) in [6, 6.07) is 7.13. The van der Waals surface area contributed by atoms with Crippen molar-refractivity contribution in [2.24, 2.45) is 17.8 Å². The number of carbonyl (C=O) groups excluding carboxylic acids is 1. The van der Waals surface area contributed by atoms with E-state index in [2.05, 4.69) is 5.32 Å². The van der Waals surface area contributed by atoms with Crippen LogP contribution in [0.3, 0.4) is 0 Å². The average Bonchev–Trinajstić information content (AvgIpc) is 3.05. The number of carbonyl (C=O) groups is 1. The van der Waals surface area contributed by atoms with Crippen LogP contribution in [0.15, 0.2) is 24.3 Å². The van der Waals surface area contributed by atoms with Gasteiger partial charge in [0.15, 0.2) is 6.61 Å². The largest absolute Gasteiger partial charge is 0.484 e. The van der Waals surface area contributed by atoms with Gasteiger partial charge in [-0.05, 0) is 74.1 Å². The van der Waals surface area contributed by atoms with Gasteiger partial charge in [0, 0.05) is 10.6 Å². The Morgan fingerprint density at radius 2 is 2.14 bits per heavy atom. The Kier molecular flexibility index (Phi) is 3.56. The van der Waals surface area contributed by atoms with Gasteiger partial charge in [-0.3, -0.25) is 4.79 Å². The van der Waals surface area contributed by atoms with E-state index in [-0.39, 0.29) is 18.1 Å². The van der Waals surface area contributed by atoms with Gasteiger partial charge in [0.1, 0.15) is 5.75 Å². The van der Waals surface area contributed by atoms with E-state index in [1.165, 1.54) is 32.1 Å². The molecule has 1 amide bonds. The Balaban J connectivity index is 1.37. The molecule has 1 aromatic carbocycles. The lowest BCUT2D eigenvalue weighted by Crippen LogP contribution is -2.57. The minimum atomic E-state index is 0.0168. The molecule has 0 radical (unpaired) electrons. The molecule has 0 saturated heterocycles. The second kappa shape index (κ2) is 5.45. The molecule has 1 N–H and O–H groups in total. The highest BCUT2D eigenvalue weighted by Gasteiger charge is 2.57. The highest BCUT2D eigenvalue weighted by molar-refractivity contribution is 6.30. The van der Waals surface area contributed by atoms with Crippen molar-refractivity contribution < 1.29 is 9.53 Å². The van der Waals surface area contributed by atoms with Gasteiger partial charge in [-0.15, -0.1) is 0 Å². The summed E-state index contributed by atoms with van der Waals surface area (Å²) in [5, 5.41) is 4.02. The molecular weight excluding hydrogens is 298 g/mol. The minimum Gasteiger partial charge on any atom is -0.484 e. The molecule has 118 valence electrons. The van der Waals surface area contributed by atoms with Crippen molar-refractivity contribution in [2.75, 3.05) is 6.61 Å². The molecule has 0 spiro atoms. The second-order valence-corrected chi connectivity index (χ2v) is 7.68. The van der Waals surface area contributed by atoms with Gasteiger partial charge in [0.25, 0.3) is 5.91 Å². The van der Waals surface area contributed by atoms with E-state index >= 15 is 0 Å². The van der Waals surface area contributed by atoms with Gasteiger partial charge >= 0.3 is 0 Å². The summed E-state index contributed by atoms with van der Waals surface area (Å²) in [7, 11) is 0. The summed E-state index contributed by atoms with van der Waals surface area (Å²) in [6.45, 7) is 0.0887. The number of benzene rings is 1. The van der Waals surface area contributed by atoms with Crippen LogP contribution in [-0.4, -0.2) is 18.1 Å². The predicted molar refractivity (Wildman–Crippen MR) is 86.0 cm³/mol. The first-order valence-corrected chi connectivity index (χ1v) is 8.72. The van der Waals surface area contributed by atoms with E-state index in [1.54, 1.807) is 24.3 Å². The Labute approximate surface area is 136 Å². The Morgan fingerprint density at radius 1 is 1.32 bits per heavy atom. The molecule has 4 unspecified atom stereocenters. The molecule has 3 saturated carbocycles. The number of hydrogen-bond acceptors (Lipinski definition) is 2. The van der Waals surface area contributed by atoms with Gasteiger partial charge in [-0.25, -0.2) is 0 Å². The van der Waals surface area contributed by atoms with Crippen LogP contribution < -0.4 is 10.1 Å². The minimum absolute atomic E-state index is 0.0168. The lowest BCUT2D eigenvalue weighted by Gasteiger charge is -2.46. The highest BCUT2D eigenvalue weighted by atomic mass is 35.5. The summed E-state index contributed by atoms with van der Waals surface area (Å²) >= 11 is 5.85. The average molecular weight is 320 g/mol. The maximum absolute atomic E-state index is 12.3. The molecule has 0 aromatic heterocycles. The fourth-order valence-corrected chi connectivity index (χ4v) is 5.36. The molecule has 3 aliphatic rings. The van der Waals surface area contributed by atoms with Crippen molar-refractivity contribution in [3.05, 3.63) is 29.3 Å². The van der Waals surface area contributed by atoms with Crippen molar-refractivity contribution in [3.63, 3.8) is 0 Å². The summed E-state index contributed by atoms with van der Waals surface area (Å²) in [5.41, 5.74) is 0.0757. The molecule has 3 fully saturated rings. The molecule has 3 aliphatic carbocycles. The van der Waals surface area contributed by atoms with E-state index in [1.807, 2.05) is 0 Å². The van der Waals surface area contributed by atoms with Crippen LogP contribution in [0, 0.1) is 17.8 Å². The maximum atomic E-state index is 12.3. The van der Waals surface area contributed by atoms with E-state index < -0.39 is 0 Å². The Hall–Kier alpha value is -1.22. The van der Waals surface area contributed by atoms with E-state index in [4.69, 9.17) is 16.3 Å². The number of fused-ring (bicyclic) bond motifs is 1. The fourth-order valence-electron chi connectivity index (χ4n) is 5.24. The molecule has 0 heterocycles. The van der Waals surface area contributed by atoms with Crippen molar-refractivity contribution >= 4 is 17.5 Å². The van der Waals surface area contributed by atoms with Crippen LogP contribution >= 0.6 is 11.6 Å². The molecule has 0 aliphatic heterocycles. The molecule has 3 nitrogen and oxygen atoms in total. The van der Waals surface area contributed by atoms with Crippen molar-refractivity contribution in [3.8, 4) is 5.75 Å². The van der Waals surface area contributed by atoms with Crippen LogP contribution in [-0.2, 0) is 4.79 Å². The predicted octanol–water partition coefficient (Wildman–Crippen LogP) is 3.80. The Bertz CT molecular complexity index is 573. The first kappa shape index (κ1) is 14.4. The highest BCUT2D eigenvalue weighted by Crippen LogP contribution is 2.59. The molecular formula is C18H22ClNO2. The molecule has 4 rings (SSSR count). The summed E-state index contributed by atoms with van der Waals surface area (Å²) in [6.07, 6.45) is 7.66. The lowest BCUT2D eigenvalue weighted by atomic mass is 9.66. The SMILES string of the molecule is O=C(COc1ccc(Cl)cc1)NC12CCCC3CC(CC31)C2. The van der Waals surface area contributed by atoms with Gasteiger partial charge in [-0.2, -0.15) is 0 Å². The van der Waals surface area contributed by atoms with Crippen LogP contribution in [0.1, 0.15) is 38.5 Å². The third kappa shape index (κ3) is 2.50. The summed E-state index contributed by atoms with van der Waals surface area (Å²) in [5.74, 6) is 3.11. The number of rotatable bonds is 4. The normalized spacial score (nSPS) is 35.4. The first-order valence-electron chi connectivity index (χ1n) is 8.34. The lowest BCUT2D eigenvalue weighted by molar-refractivity contribution is -0.126. The van der Waals surface area contributed by atoms with E-state index in [0.717, 1.165) is 18.3 Å². The molecule has 4 heteroatoms. The zero-order valence-corrected chi connectivity index (χ0v) is 13.4.